The van der Waals surface area contributed by atoms with Crippen LogP contribution >= 0.6 is 7.82 Å². The van der Waals surface area contributed by atoms with E-state index in [1.807, 2.05) is 54.6 Å². The van der Waals surface area contributed by atoms with Crippen molar-refractivity contribution < 1.29 is 61.6 Å². The van der Waals surface area contributed by atoms with Gasteiger partial charge in [-0.2, -0.15) is 0 Å². The van der Waals surface area contributed by atoms with Crippen molar-refractivity contribution in [1.82, 2.24) is 0 Å². The molecule has 0 aliphatic carbocycles. The molecule has 3 aromatic carbocycles. The first kappa shape index (κ1) is 29.8. The van der Waals surface area contributed by atoms with Gasteiger partial charge in [0.2, 0.25) is 14.7 Å². The summed E-state index contributed by atoms with van der Waals surface area (Å²) in [6.45, 7) is 0. The van der Waals surface area contributed by atoms with E-state index < -0.39 is 36.3 Å². The maximum atomic E-state index is 8.88. The first-order valence-electron chi connectivity index (χ1n) is 9.21. The summed E-state index contributed by atoms with van der Waals surface area (Å²) in [7, 11) is 0.0349. The molecule has 3 rings (SSSR count). The molecule has 34 heavy (non-hydrogen) atoms. The van der Waals surface area contributed by atoms with Gasteiger partial charge in [-0.3, -0.25) is 0 Å². The van der Waals surface area contributed by atoms with Gasteiger partial charge in [-0.15, -0.1) is 0 Å². The number of phosphoric acid groups is 1. The monoisotopic (exact) mass is 683 g/mol. The Morgan fingerprint density at radius 3 is 1.09 bits per heavy atom. The molecule has 0 saturated carbocycles. The van der Waals surface area contributed by atoms with Crippen LogP contribution in [0.1, 0.15) is 0 Å². The van der Waals surface area contributed by atoms with Crippen molar-refractivity contribution >= 4 is 18.7 Å². The van der Waals surface area contributed by atoms with Crippen LogP contribution in [0.3, 0.4) is 0 Å². The molecular weight excluding hydrogens is 659 g/mol. The molecule has 0 aliphatic rings. The van der Waals surface area contributed by atoms with Gasteiger partial charge in [-0.05, 0) is 36.4 Å². The summed E-state index contributed by atoms with van der Waals surface area (Å²) >= 11 is -4.28. The number of hydrogen-bond donors (Lipinski definition) is 3. The van der Waals surface area contributed by atoms with Crippen molar-refractivity contribution in [3.05, 3.63) is 72.8 Å². The fraction of sp³-hybridized carbons (Fsp3) is 0.143. The zero-order chi connectivity index (χ0) is 25.7. The third-order valence-corrected chi connectivity index (χ3v) is 6.20. The van der Waals surface area contributed by atoms with E-state index in [4.69, 9.17) is 44.0 Å². The summed E-state index contributed by atoms with van der Waals surface area (Å²) in [5.41, 5.74) is 0. The van der Waals surface area contributed by atoms with Gasteiger partial charge in [0.1, 0.15) is 10.9 Å². The van der Waals surface area contributed by atoms with Crippen molar-refractivity contribution in [3.8, 4) is 17.2 Å². The molecule has 0 saturated heterocycles. The second kappa shape index (κ2) is 14.9. The second-order valence-electron chi connectivity index (χ2n) is 5.98. The molecule has 0 unspecified atom stereocenters. The van der Waals surface area contributed by atoms with Crippen molar-refractivity contribution in [2.75, 3.05) is 21.3 Å². The molecule has 0 radical (unpaired) electrons. The Labute approximate surface area is 206 Å². The van der Waals surface area contributed by atoms with Gasteiger partial charge in [-0.25, -0.2) is 4.57 Å². The van der Waals surface area contributed by atoms with Crippen LogP contribution in [0.2, 0.25) is 0 Å². The molecule has 3 N–H and O–H groups in total. The Morgan fingerprint density at radius 2 is 0.882 bits per heavy atom. The van der Waals surface area contributed by atoms with Gasteiger partial charge in [0.25, 0.3) is 0 Å². The van der Waals surface area contributed by atoms with Crippen LogP contribution in [-0.2, 0) is 39.9 Å². The van der Waals surface area contributed by atoms with Gasteiger partial charge < -0.3 is 28.9 Å². The van der Waals surface area contributed by atoms with E-state index in [1.54, 1.807) is 21.3 Å². The quantitative estimate of drug-likeness (QED) is 0.260. The van der Waals surface area contributed by atoms with Gasteiger partial charge >= 0.3 is 36.0 Å². The number of benzene rings is 3. The van der Waals surface area contributed by atoms with Crippen LogP contribution in [0.4, 0.5) is 0 Å². The Balaban J connectivity index is 0.000000550. The summed E-state index contributed by atoms with van der Waals surface area (Å²) in [5.74, 6) is 2.55. The third-order valence-electron chi connectivity index (χ3n) is 3.87. The molecular formula is C21H24O10PSW. The third kappa shape index (κ3) is 10.4. The molecule has 0 bridgehead atoms. The summed E-state index contributed by atoms with van der Waals surface area (Å²) in [6.07, 6.45) is 0. The maximum absolute atomic E-state index is 8.88. The van der Waals surface area contributed by atoms with Crippen LogP contribution < -0.4 is 18.0 Å². The van der Waals surface area contributed by atoms with Crippen molar-refractivity contribution in [2.45, 2.75) is 14.7 Å². The van der Waals surface area contributed by atoms with E-state index in [2.05, 4.69) is 18.2 Å². The Morgan fingerprint density at radius 1 is 0.676 bits per heavy atom. The normalized spacial score (nSPS) is 10.2. The molecule has 13 heteroatoms. The van der Waals surface area contributed by atoms with Crippen LogP contribution in [0.25, 0.3) is 0 Å². The number of methoxy groups -OCH3 is 3. The Kier molecular flexibility index (Phi) is 13.1. The topological polar surface area (TPSA) is 163 Å². The van der Waals surface area contributed by atoms with E-state index in [1.165, 1.54) is 0 Å². The molecule has 185 valence electrons. The first-order valence-corrected chi connectivity index (χ1v) is 15.6. The van der Waals surface area contributed by atoms with Crippen LogP contribution in [0, 0.1) is 0 Å². The molecule has 0 atom stereocenters. The van der Waals surface area contributed by atoms with Crippen molar-refractivity contribution in [2.24, 2.45) is 0 Å². The number of rotatable bonds is 6. The van der Waals surface area contributed by atoms with E-state index in [-0.39, 0.29) is 0 Å². The minimum atomic E-state index is -4.64. The summed E-state index contributed by atoms with van der Waals surface area (Å²) < 4.78 is 51.6. The Hall–Kier alpha value is -2.23. The van der Waals surface area contributed by atoms with Crippen molar-refractivity contribution in [3.63, 3.8) is 0 Å². The fourth-order valence-corrected chi connectivity index (χ4v) is 5.13. The molecule has 0 fully saturated rings. The van der Waals surface area contributed by atoms with E-state index in [0.717, 1.165) is 31.9 Å². The second-order valence-corrected chi connectivity index (χ2v) is 10.4. The summed E-state index contributed by atoms with van der Waals surface area (Å²) in [6, 6.07) is 24.3. The fourth-order valence-electron chi connectivity index (χ4n) is 2.72. The first-order chi connectivity index (χ1) is 16.0. The average molecular weight is 683 g/mol. The van der Waals surface area contributed by atoms with E-state index in [0.29, 0.717) is 0 Å². The standard InChI is InChI=1S/C21H21O3S.H3O4P.3O.W/c1-22-16-10-4-7-13-19(16)25(20-14-8-5-11-17(20)23-2)21-15-9-6-12-18(21)24-3;1-5(2,3)4;;;;/h4-15H,1-3H3;(H3,1,2,3,4);;;;/q+1;;;;-1;. The van der Waals surface area contributed by atoms with E-state index in [9.17, 15) is 0 Å². The zero-order valence-electron chi connectivity index (χ0n) is 18.4. The molecule has 0 aromatic heterocycles. The van der Waals surface area contributed by atoms with Crippen LogP contribution in [0.15, 0.2) is 87.5 Å². The minimum absolute atomic E-state index is 0.424. The molecule has 0 amide bonds. The van der Waals surface area contributed by atoms with Gasteiger partial charge in [0.05, 0.1) is 21.3 Å². The SMILES string of the molecule is COc1ccccc1[S+](c1ccccc1OC)c1ccccc1OC.O=P(O)(O)O.[O]=[W](=[O])[O-]. The summed E-state index contributed by atoms with van der Waals surface area (Å²) in [5, 5.41) is 0. The molecule has 10 nitrogen and oxygen atoms in total. The van der Waals surface area contributed by atoms with E-state index >= 15 is 0 Å². The zero-order valence-corrected chi connectivity index (χ0v) is 23.0. The molecule has 3 aromatic rings. The van der Waals surface area contributed by atoms with Gasteiger partial charge in [0.15, 0.2) is 17.2 Å². The predicted molar refractivity (Wildman–Crippen MR) is 117 cm³/mol. The molecule has 0 heterocycles. The molecule has 0 spiro atoms. The number of hydrogen-bond acceptors (Lipinski definition) is 7. The van der Waals surface area contributed by atoms with Crippen molar-refractivity contribution in [1.29, 1.82) is 0 Å². The number of para-hydroxylation sites is 3. The average Bonchev–Trinajstić information content (AvgIpc) is 2.79. The summed E-state index contributed by atoms with van der Waals surface area (Å²) in [4.78, 5) is 24.9. The van der Waals surface area contributed by atoms with Gasteiger partial charge in [-0.1, -0.05) is 36.4 Å². The molecule has 0 aliphatic heterocycles. The number of ether oxygens (including phenoxy) is 3. The predicted octanol–water partition coefficient (Wildman–Crippen LogP) is 2.45. The van der Waals surface area contributed by atoms with Gasteiger partial charge in [0, 0.05) is 0 Å². The van der Waals surface area contributed by atoms with Crippen LogP contribution in [-0.4, -0.2) is 36.0 Å². The Bertz CT molecular complexity index is 1040. The van der Waals surface area contributed by atoms with Crippen LogP contribution in [0.5, 0.6) is 17.2 Å².